The van der Waals surface area contributed by atoms with Crippen molar-refractivity contribution in [3.63, 3.8) is 0 Å². The number of aromatic nitrogens is 2. The molecular formula is C10H14N2O. The van der Waals surface area contributed by atoms with Crippen molar-refractivity contribution >= 4 is 6.29 Å². The van der Waals surface area contributed by atoms with E-state index in [9.17, 15) is 4.79 Å². The SMILES string of the molecule is CC(C)c1cnc(C=O)n1C1CC1. The Morgan fingerprint density at radius 1 is 1.62 bits per heavy atom. The number of nitrogens with zero attached hydrogens (tertiary/aromatic N) is 2. The fraction of sp³-hybridized carbons (Fsp3) is 0.600. The Labute approximate surface area is 77.8 Å². The summed E-state index contributed by atoms with van der Waals surface area (Å²) >= 11 is 0. The lowest BCUT2D eigenvalue weighted by atomic mass is 10.1. The van der Waals surface area contributed by atoms with E-state index in [-0.39, 0.29) is 0 Å². The van der Waals surface area contributed by atoms with E-state index in [4.69, 9.17) is 0 Å². The summed E-state index contributed by atoms with van der Waals surface area (Å²) in [6, 6.07) is 0.542. The molecule has 0 atom stereocenters. The van der Waals surface area contributed by atoms with Crippen LogP contribution in [0.1, 0.15) is 55.0 Å². The molecule has 0 saturated heterocycles. The molecule has 0 unspecified atom stereocenters. The molecule has 1 fully saturated rings. The number of imidazole rings is 1. The molecule has 13 heavy (non-hydrogen) atoms. The summed E-state index contributed by atoms with van der Waals surface area (Å²) in [6.07, 6.45) is 5.06. The fourth-order valence-electron chi connectivity index (χ4n) is 1.63. The Morgan fingerprint density at radius 3 is 2.77 bits per heavy atom. The molecular weight excluding hydrogens is 164 g/mol. The molecule has 0 aromatic carbocycles. The van der Waals surface area contributed by atoms with Crippen LogP contribution in [0.3, 0.4) is 0 Å². The molecule has 70 valence electrons. The lowest BCUT2D eigenvalue weighted by Crippen LogP contribution is -2.05. The van der Waals surface area contributed by atoms with Crippen LogP contribution in [0.15, 0.2) is 6.20 Å². The first-order valence-electron chi connectivity index (χ1n) is 4.76. The van der Waals surface area contributed by atoms with Crippen molar-refractivity contribution in [2.24, 2.45) is 0 Å². The van der Waals surface area contributed by atoms with Crippen molar-refractivity contribution in [1.29, 1.82) is 0 Å². The van der Waals surface area contributed by atoms with Crippen molar-refractivity contribution < 1.29 is 4.79 Å². The van der Waals surface area contributed by atoms with Crippen LogP contribution in [0, 0.1) is 0 Å². The van der Waals surface area contributed by atoms with E-state index in [1.165, 1.54) is 18.5 Å². The summed E-state index contributed by atoms with van der Waals surface area (Å²) in [6.45, 7) is 4.26. The highest BCUT2D eigenvalue weighted by atomic mass is 16.1. The second kappa shape index (κ2) is 2.98. The fourth-order valence-corrected chi connectivity index (χ4v) is 1.63. The lowest BCUT2D eigenvalue weighted by Gasteiger charge is -2.10. The van der Waals surface area contributed by atoms with Gasteiger partial charge in [-0.3, -0.25) is 4.79 Å². The zero-order valence-electron chi connectivity index (χ0n) is 8.03. The van der Waals surface area contributed by atoms with E-state index in [1.54, 1.807) is 0 Å². The molecule has 0 bridgehead atoms. The third-order valence-electron chi connectivity index (χ3n) is 2.46. The largest absolute Gasteiger partial charge is 0.323 e. The lowest BCUT2D eigenvalue weighted by molar-refractivity contribution is 0.111. The smallest absolute Gasteiger partial charge is 0.185 e. The van der Waals surface area contributed by atoms with Crippen LogP contribution in [0.5, 0.6) is 0 Å². The number of hydrogen-bond acceptors (Lipinski definition) is 2. The maximum atomic E-state index is 10.7. The van der Waals surface area contributed by atoms with Gasteiger partial charge in [0.15, 0.2) is 12.1 Å². The average molecular weight is 178 g/mol. The quantitative estimate of drug-likeness (QED) is 0.665. The zero-order chi connectivity index (χ0) is 9.42. The molecule has 1 aromatic heterocycles. The summed E-state index contributed by atoms with van der Waals surface area (Å²) < 4.78 is 2.09. The third kappa shape index (κ3) is 1.39. The molecule has 1 aliphatic carbocycles. The highest BCUT2D eigenvalue weighted by Crippen LogP contribution is 2.38. The van der Waals surface area contributed by atoms with Crippen molar-refractivity contribution in [3.8, 4) is 0 Å². The minimum absolute atomic E-state index is 0.446. The predicted octanol–water partition coefficient (Wildman–Crippen LogP) is 2.15. The molecule has 0 N–H and O–H groups in total. The van der Waals surface area contributed by atoms with Gasteiger partial charge in [0, 0.05) is 17.9 Å². The van der Waals surface area contributed by atoms with E-state index < -0.39 is 0 Å². The van der Waals surface area contributed by atoms with Gasteiger partial charge in [0.2, 0.25) is 0 Å². The van der Waals surface area contributed by atoms with Crippen LogP contribution in [0.25, 0.3) is 0 Å². The Bertz CT molecular complexity index is 324. The number of hydrogen-bond donors (Lipinski definition) is 0. The van der Waals surface area contributed by atoms with Crippen LogP contribution < -0.4 is 0 Å². The number of carbonyl (C=O) groups excluding carboxylic acids is 1. The van der Waals surface area contributed by atoms with Gasteiger partial charge < -0.3 is 4.57 Å². The van der Waals surface area contributed by atoms with Crippen molar-refractivity contribution in [3.05, 3.63) is 17.7 Å². The molecule has 0 aliphatic heterocycles. The zero-order valence-corrected chi connectivity index (χ0v) is 8.03. The minimum atomic E-state index is 0.446. The highest BCUT2D eigenvalue weighted by Gasteiger charge is 2.28. The number of rotatable bonds is 3. The van der Waals surface area contributed by atoms with E-state index in [0.29, 0.717) is 17.8 Å². The Balaban J connectivity index is 2.44. The van der Waals surface area contributed by atoms with E-state index in [1.807, 2.05) is 6.20 Å². The third-order valence-corrected chi connectivity index (χ3v) is 2.46. The maximum absolute atomic E-state index is 10.7. The summed E-state index contributed by atoms with van der Waals surface area (Å²) in [5, 5.41) is 0. The number of carbonyl (C=O) groups is 1. The molecule has 0 amide bonds. The highest BCUT2D eigenvalue weighted by molar-refractivity contribution is 5.69. The second-order valence-corrected chi connectivity index (χ2v) is 3.91. The van der Waals surface area contributed by atoms with Gasteiger partial charge in [-0.05, 0) is 18.8 Å². The van der Waals surface area contributed by atoms with Gasteiger partial charge >= 0.3 is 0 Å². The second-order valence-electron chi connectivity index (χ2n) is 3.91. The summed E-state index contributed by atoms with van der Waals surface area (Å²) in [4.78, 5) is 14.8. The molecule has 0 radical (unpaired) electrons. The Kier molecular flexibility index (Phi) is 1.94. The molecule has 2 rings (SSSR count). The molecule has 0 spiro atoms. The minimum Gasteiger partial charge on any atom is -0.323 e. The molecule has 1 heterocycles. The molecule has 1 aliphatic rings. The number of aldehydes is 1. The van der Waals surface area contributed by atoms with Gasteiger partial charge in [0.05, 0.1) is 0 Å². The van der Waals surface area contributed by atoms with Gasteiger partial charge in [-0.2, -0.15) is 0 Å². The first-order chi connectivity index (χ1) is 6.24. The van der Waals surface area contributed by atoms with Crippen LogP contribution in [-0.2, 0) is 0 Å². The maximum Gasteiger partial charge on any atom is 0.185 e. The molecule has 3 nitrogen and oxygen atoms in total. The Morgan fingerprint density at radius 2 is 2.31 bits per heavy atom. The van der Waals surface area contributed by atoms with Crippen LogP contribution in [-0.4, -0.2) is 15.8 Å². The normalized spacial score (nSPS) is 16.5. The molecule has 3 heteroatoms. The Hall–Kier alpha value is -1.12. The predicted molar refractivity (Wildman–Crippen MR) is 50.0 cm³/mol. The summed E-state index contributed by atoms with van der Waals surface area (Å²) in [5.41, 5.74) is 1.18. The summed E-state index contributed by atoms with van der Waals surface area (Å²) in [5.74, 6) is 1.04. The van der Waals surface area contributed by atoms with E-state index in [0.717, 1.165) is 6.29 Å². The van der Waals surface area contributed by atoms with Crippen molar-refractivity contribution in [2.45, 2.75) is 38.6 Å². The summed E-state index contributed by atoms with van der Waals surface area (Å²) in [7, 11) is 0. The van der Waals surface area contributed by atoms with E-state index >= 15 is 0 Å². The van der Waals surface area contributed by atoms with Gasteiger partial charge in [0.25, 0.3) is 0 Å². The van der Waals surface area contributed by atoms with Crippen LogP contribution in [0.4, 0.5) is 0 Å². The van der Waals surface area contributed by atoms with Gasteiger partial charge in [0.1, 0.15) is 0 Å². The first-order valence-corrected chi connectivity index (χ1v) is 4.76. The first kappa shape index (κ1) is 8.48. The van der Waals surface area contributed by atoms with Gasteiger partial charge in [-0.15, -0.1) is 0 Å². The van der Waals surface area contributed by atoms with Gasteiger partial charge in [-0.25, -0.2) is 4.98 Å². The van der Waals surface area contributed by atoms with Crippen LogP contribution >= 0.6 is 0 Å². The average Bonchev–Trinajstić information content (AvgIpc) is 2.84. The van der Waals surface area contributed by atoms with E-state index in [2.05, 4.69) is 23.4 Å². The molecule has 1 aromatic rings. The van der Waals surface area contributed by atoms with Crippen molar-refractivity contribution in [1.82, 2.24) is 9.55 Å². The monoisotopic (exact) mass is 178 g/mol. The standard InChI is InChI=1S/C10H14N2O/c1-7(2)9-5-11-10(6-13)12(9)8-3-4-8/h5-8H,3-4H2,1-2H3. The van der Waals surface area contributed by atoms with Crippen LogP contribution in [0.2, 0.25) is 0 Å². The van der Waals surface area contributed by atoms with Crippen molar-refractivity contribution in [2.75, 3.05) is 0 Å². The topological polar surface area (TPSA) is 34.9 Å². The van der Waals surface area contributed by atoms with Gasteiger partial charge in [-0.1, -0.05) is 13.8 Å². The molecule has 1 saturated carbocycles.